The predicted molar refractivity (Wildman–Crippen MR) is 69.4 cm³/mol. The Hall–Kier alpha value is -2.10. The maximum absolute atomic E-state index is 11.9. The molecule has 0 aliphatic rings. The summed E-state index contributed by atoms with van der Waals surface area (Å²) in [5, 5.41) is 15.3. The molecule has 0 saturated carbocycles. The Morgan fingerprint density at radius 3 is 3.11 bits per heavy atom. The second kappa shape index (κ2) is 5.49. The lowest BCUT2D eigenvalue weighted by Gasteiger charge is -1.98. The number of anilines is 1. The number of aryl methyl sites for hydroxylation is 1. The predicted octanol–water partition coefficient (Wildman–Crippen LogP) is 1.08. The number of aliphatic hydroxyl groups excluding tert-OH is 1. The average Bonchev–Trinajstić information content (AvgIpc) is 2.96. The maximum Gasteiger partial charge on any atom is 0.265 e. The molecule has 0 fully saturated rings. The largest absolute Gasteiger partial charge is 0.384 e. The summed E-state index contributed by atoms with van der Waals surface area (Å²) in [5.74, 6) is 5.11. The summed E-state index contributed by atoms with van der Waals surface area (Å²) in [4.78, 5) is 13.2. The molecule has 2 aromatic rings. The van der Waals surface area contributed by atoms with Crippen LogP contribution in [0.1, 0.15) is 14.5 Å². The van der Waals surface area contributed by atoms with Gasteiger partial charge < -0.3 is 10.4 Å². The van der Waals surface area contributed by atoms with E-state index in [1.54, 1.807) is 36.3 Å². The lowest BCUT2D eigenvalue weighted by atomic mass is 10.4. The second-order valence-electron chi connectivity index (χ2n) is 3.48. The van der Waals surface area contributed by atoms with Gasteiger partial charge in [-0.3, -0.25) is 9.48 Å². The van der Waals surface area contributed by atoms with Gasteiger partial charge in [-0.05, 0) is 12.1 Å². The van der Waals surface area contributed by atoms with Crippen LogP contribution in [0.25, 0.3) is 0 Å². The molecule has 0 unspecified atom stereocenters. The van der Waals surface area contributed by atoms with Crippen molar-refractivity contribution in [3.8, 4) is 11.8 Å². The van der Waals surface area contributed by atoms with Crippen LogP contribution in [0.5, 0.6) is 0 Å². The Morgan fingerprint density at radius 2 is 2.44 bits per heavy atom. The standard InChI is InChI=1S/C12H11N3O2S/c1-15-8-9(7-13-15)14-12(17)11-5-4-10(18-11)3-2-6-16/h4-5,7-8,16H,6H2,1H3,(H,14,17). The molecule has 0 aliphatic carbocycles. The van der Waals surface area contributed by atoms with Crippen molar-refractivity contribution in [2.24, 2.45) is 7.05 Å². The van der Waals surface area contributed by atoms with Crippen LogP contribution in [-0.2, 0) is 7.05 Å². The Bertz CT molecular complexity index is 619. The lowest BCUT2D eigenvalue weighted by Crippen LogP contribution is -2.09. The van der Waals surface area contributed by atoms with E-state index < -0.39 is 0 Å². The van der Waals surface area contributed by atoms with Crippen LogP contribution >= 0.6 is 11.3 Å². The molecular weight excluding hydrogens is 250 g/mol. The summed E-state index contributed by atoms with van der Waals surface area (Å²) in [6.45, 7) is -0.185. The highest BCUT2D eigenvalue weighted by Gasteiger charge is 2.09. The van der Waals surface area contributed by atoms with Gasteiger partial charge in [-0.2, -0.15) is 5.10 Å². The van der Waals surface area contributed by atoms with Crippen LogP contribution in [0.4, 0.5) is 5.69 Å². The first-order valence-corrected chi connectivity index (χ1v) is 6.00. The highest BCUT2D eigenvalue weighted by Crippen LogP contribution is 2.17. The van der Waals surface area contributed by atoms with Crippen molar-refractivity contribution < 1.29 is 9.90 Å². The molecule has 0 aromatic carbocycles. The summed E-state index contributed by atoms with van der Waals surface area (Å²) >= 11 is 1.28. The topological polar surface area (TPSA) is 67.2 Å². The first-order valence-electron chi connectivity index (χ1n) is 5.18. The van der Waals surface area contributed by atoms with Gasteiger partial charge in [0.25, 0.3) is 5.91 Å². The van der Waals surface area contributed by atoms with E-state index in [9.17, 15) is 4.79 Å². The van der Waals surface area contributed by atoms with E-state index in [0.29, 0.717) is 10.6 Å². The molecule has 0 bridgehead atoms. The van der Waals surface area contributed by atoms with E-state index in [0.717, 1.165) is 4.88 Å². The third-order valence-electron chi connectivity index (χ3n) is 2.08. The van der Waals surface area contributed by atoms with Crippen LogP contribution in [-0.4, -0.2) is 27.4 Å². The third kappa shape index (κ3) is 2.97. The van der Waals surface area contributed by atoms with Gasteiger partial charge in [-0.1, -0.05) is 11.8 Å². The minimum Gasteiger partial charge on any atom is -0.384 e. The number of amides is 1. The van der Waals surface area contributed by atoms with Gasteiger partial charge in [-0.25, -0.2) is 0 Å². The van der Waals surface area contributed by atoms with Crippen molar-refractivity contribution in [3.63, 3.8) is 0 Å². The zero-order valence-electron chi connectivity index (χ0n) is 9.67. The van der Waals surface area contributed by atoms with Gasteiger partial charge in [0, 0.05) is 13.2 Å². The van der Waals surface area contributed by atoms with E-state index in [4.69, 9.17) is 5.11 Å². The third-order valence-corrected chi connectivity index (χ3v) is 3.08. The van der Waals surface area contributed by atoms with E-state index in [2.05, 4.69) is 22.3 Å². The Labute approximate surface area is 108 Å². The molecule has 0 radical (unpaired) electrons. The Balaban J connectivity index is 2.07. The average molecular weight is 261 g/mol. The molecule has 18 heavy (non-hydrogen) atoms. The summed E-state index contributed by atoms with van der Waals surface area (Å²) in [5.41, 5.74) is 0.652. The summed E-state index contributed by atoms with van der Waals surface area (Å²) in [6.07, 6.45) is 3.30. The number of hydrogen-bond donors (Lipinski definition) is 2. The molecule has 92 valence electrons. The highest BCUT2D eigenvalue weighted by atomic mass is 32.1. The molecule has 0 saturated heterocycles. The van der Waals surface area contributed by atoms with Crippen molar-refractivity contribution in [2.45, 2.75) is 0 Å². The number of carbonyl (C=O) groups excluding carboxylic acids is 1. The van der Waals surface area contributed by atoms with Gasteiger partial charge in [0.05, 0.1) is 21.6 Å². The minimum absolute atomic E-state index is 0.185. The van der Waals surface area contributed by atoms with Gasteiger partial charge in [0.2, 0.25) is 0 Å². The SMILES string of the molecule is Cn1cc(NC(=O)c2ccc(C#CCO)s2)cn1. The first kappa shape index (κ1) is 12.4. The molecule has 5 nitrogen and oxygen atoms in total. The molecule has 0 atom stereocenters. The number of aromatic nitrogens is 2. The molecule has 6 heteroatoms. The molecule has 1 amide bonds. The van der Waals surface area contributed by atoms with E-state index >= 15 is 0 Å². The fourth-order valence-electron chi connectivity index (χ4n) is 1.33. The fourth-order valence-corrected chi connectivity index (χ4v) is 2.11. The second-order valence-corrected chi connectivity index (χ2v) is 4.56. The van der Waals surface area contributed by atoms with Crippen molar-refractivity contribution in [3.05, 3.63) is 34.3 Å². The Kier molecular flexibility index (Phi) is 3.77. The smallest absolute Gasteiger partial charge is 0.265 e. The first-order chi connectivity index (χ1) is 8.69. The van der Waals surface area contributed by atoms with Crippen LogP contribution in [0.15, 0.2) is 24.5 Å². The van der Waals surface area contributed by atoms with E-state index in [1.807, 2.05) is 0 Å². The number of thiophene rings is 1. The normalized spacial score (nSPS) is 9.67. The summed E-state index contributed by atoms with van der Waals surface area (Å²) in [6, 6.07) is 3.46. The number of rotatable bonds is 2. The van der Waals surface area contributed by atoms with Gasteiger partial charge in [0.1, 0.15) is 6.61 Å². The van der Waals surface area contributed by atoms with Crippen LogP contribution < -0.4 is 5.32 Å². The molecule has 0 spiro atoms. The number of carbonyl (C=O) groups is 1. The summed E-state index contributed by atoms with van der Waals surface area (Å²) < 4.78 is 1.61. The van der Waals surface area contributed by atoms with Crippen LogP contribution in [0, 0.1) is 11.8 Å². The van der Waals surface area contributed by atoms with Crippen molar-refractivity contribution in [1.29, 1.82) is 0 Å². The Morgan fingerprint density at radius 1 is 1.61 bits per heavy atom. The fraction of sp³-hybridized carbons (Fsp3) is 0.167. The minimum atomic E-state index is -0.190. The van der Waals surface area contributed by atoms with Crippen molar-refractivity contribution in [1.82, 2.24) is 9.78 Å². The van der Waals surface area contributed by atoms with Gasteiger partial charge in [0.15, 0.2) is 0 Å². The van der Waals surface area contributed by atoms with Gasteiger partial charge in [-0.15, -0.1) is 11.3 Å². The van der Waals surface area contributed by atoms with E-state index in [-0.39, 0.29) is 12.5 Å². The number of aliphatic hydroxyl groups is 1. The van der Waals surface area contributed by atoms with Crippen molar-refractivity contribution in [2.75, 3.05) is 11.9 Å². The number of nitrogens with one attached hydrogen (secondary N) is 1. The maximum atomic E-state index is 11.9. The zero-order valence-corrected chi connectivity index (χ0v) is 10.5. The molecule has 2 N–H and O–H groups in total. The number of hydrogen-bond acceptors (Lipinski definition) is 4. The van der Waals surface area contributed by atoms with Crippen LogP contribution in [0.3, 0.4) is 0 Å². The van der Waals surface area contributed by atoms with Crippen LogP contribution in [0.2, 0.25) is 0 Å². The molecule has 2 heterocycles. The van der Waals surface area contributed by atoms with E-state index in [1.165, 1.54) is 11.3 Å². The quantitative estimate of drug-likeness (QED) is 0.795. The monoisotopic (exact) mass is 261 g/mol. The molecule has 2 aromatic heterocycles. The zero-order chi connectivity index (χ0) is 13.0. The highest BCUT2D eigenvalue weighted by molar-refractivity contribution is 7.14. The molecule has 2 rings (SSSR count). The van der Waals surface area contributed by atoms with Crippen molar-refractivity contribution >= 4 is 22.9 Å². The number of nitrogens with zero attached hydrogens (tertiary/aromatic N) is 2. The lowest BCUT2D eigenvalue weighted by molar-refractivity contribution is 0.103. The molecular formula is C12H11N3O2S. The molecule has 0 aliphatic heterocycles. The summed E-state index contributed by atoms with van der Waals surface area (Å²) in [7, 11) is 1.78. The van der Waals surface area contributed by atoms with Gasteiger partial charge >= 0.3 is 0 Å².